The lowest BCUT2D eigenvalue weighted by Gasteiger charge is -2.17. The summed E-state index contributed by atoms with van der Waals surface area (Å²) in [4.78, 5) is 0. The van der Waals surface area contributed by atoms with Crippen molar-refractivity contribution in [2.45, 2.75) is 25.2 Å². The molecule has 1 aromatic carbocycles. The number of nitriles is 1. The maximum atomic E-state index is 11.8. The highest BCUT2D eigenvalue weighted by molar-refractivity contribution is 7.88. The van der Waals surface area contributed by atoms with Crippen molar-refractivity contribution in [3.05, 3.63) is 35.4 Å². The molecule has 6 heteroatoms. The molecule has 0 saturated heterocycles. The Kier molecular flexibility index (Phi) is 4.46. The van der Waals surface area contributed by atoms with Crippen LogP contribution in [0.2, 0.25) is 0 Å². The Morgan fingerprint density at radius 1 is 1.39 bits per heavy atom. The maximum Gasteiger partial charge on any atom is 0.215 e. The van der Waals surface area contributed by atoms with Crippen LogP contribution in [0.1, 0.15) is 25.0 Å². The summed E-state index contributed by atoms with van der Waals surface area (Å²) in [6, 6.07) is 8.48. The summed E-state index contributed by atoms with van der Waals surface area (Å²) in [6.45, 7) is 2.96. The van der Waals surface area contributed by atoms with E-state index in [1.807, 2.05) is 6.07 Å². The zero-order valence-electron chi connectivity index (χ0n) is 10.3. The second-order valence-electron chi connectivity index (χ2n) is 4.66. The van der Waals surface area contributed by atoms with Crippen LogP contribution in [0, 0.1) is 11.3 Å². The normalized spacial score (nSPS) is 12.1. The molecule has 0 unspecified atom stereocenters. The molecule has 0 heterocycles. The van der Waals surface area contributed by atoms with E-state index in [-0.39, 0.29) is 12.3 Å². The molecule has 0 aliphatic rings. The van der Waals surface area contributed by atoms with E-state index >= 15 is 0 Å². The maximum absolute atomic E-state index is 11.8. The SMILES string of the molecule is CC(C)(O)CNS(=O)(=O)Cc1ccccc1C#N. The van der Waals surface area contributed by atoms with E-state index in [4.69, 9.17) is 5.26 Å². The number of nitrogens with one attached hydrogen (secondary N) is 1. The van der Waals surface area contributed by atoms with Crippen LogP contribution < -0.4 is 4.72 Å². The first kappa shape index (κ1) is 14.6. The summed E-state index contributed by atoms with van der Waals surface area (Å²) in [5.74, 6) is -0.271. The number of aliphatic hydroxyl groups is 1. The van der Waals surface area contributed by atoms with Crippen LogP contribution in [0.3, 0.4) is 0 Å². The van der Waals surface area contributed by atoms with Crippen molar-refractivity contribution >= 4 is 10.0 Å². The van der Waals surface area contributed by atoms with Gasteiger partial charge in [-0.2, -0.15) is 5.26 Å². The monoisotopic (exact) mass is 268 g/mol. The second-order valence-corrected chi connectivity index (χ2v) is 6.47. The molecule has 18 heavy (non-hydrogen) atoms. The van der Waals surface area contributed by atoms with Crippen molar-refractivity contribution in [2.24, 2.45) is 0 Å². The Morgan fingerprint density at radius 2 is 2.00 bits per heavy atom. The van der Waals surface area contributed by atoms with E-state index in [2.05, 4.69) is 4.72 Å². The Hall–Kier alpha value is -1.42. The van der Waals surface area contributed by atoms with Gasteiger partial charge < -0.3 is 5.11 Å². The molecular formula is C12H16N2O3S. The van der Waals surface area contributed by atoms with Crippen LogP contribution in [-0.2, 0) is 15.8 Å². The molecule has 0 spiro atoms. The summed E-state index contributed by atoms with van der Waals surface area (Å²) >= 11 is 0. The van der Waals surface area contributed by atoms with E-state index in [0.29, 0.717) is 11.1 Å². The first-order valence-corrected chi connectivity index (χ1v) is 7.06. The highest BCUT2D eigenvalue weighted by Gasteiger charge is 2.19. The molecule has 0 fully saturated rings. The third-order valence-electron chi connectivity index (χ3n) is 2.21. The molecule has 1 rings (SSSR count). The average molecular weight is 268 g/mol. The Bertz CT molecular complexity index is 553. The molecular weight excluding hydrogens is 252 g/mol. The lowest BCUT2D eigenvalue weighted by molar-refractivity contribution is 0.0857. The van der Waals surface area contributed by atoms with Crippen LogP contribution in [-0.4, -0.2) is 25.7 Å². The van der Waals surface area contributed by atoms with Crippen LogP contribution in [0.15, 0.2) is 24.3 Å². The minimum atomic E-state index is -3.56. The lowest BCUT2D eigenvalue weighted by Crippen LogP contribution is -2.38. The number of sulfonamides is 1. The predicted octanol–water partition coefficient (Wildman–Crippen LogP) is 0.749. The van der Waals surface area contributed by atoms with Gasteiger partial charge in [0, 0.05) is 6.54 Å². The number of hydrogen-bond donors (Lipinski definition) is 2. The van der Waals surface area contributed by atoms with Gasteiger partial charge >= 0.3 is 0 Å². The van der Waals surface area contributed by atoms with Crippen molar-refractivity contribution in [3.63, 3.8) is 0 Å². The minimum absolute atomic E-state index is 0.0654. The highest BCUT2D eigenvalue weighted by atomic mass is 32.2. The van der Waals surface area contributed by atoms with Gasteiger partial charge in [0.1, 0.15) is 0 Å². The molecule has 0 saturated carbocycles. The van der Waals surface area contributed by atoms with Crippen molar-refractivity contribution < 1.29 is 13.5 Å². The van der Waals surface area contributed by atoms with E-state index in [0.717, 1.165) is 0 Å². The largest absolute Gasteiger partial charge is 0.389 e. The van der Waals surface area contributed by atoms with E-state index in [1.165, 1.54) is 13.8 Å². The number of hydrogen-bond acceptors (Lipinski definition) is 4. The van der Waals surface area contributed by atoms with Crippen molar-refractivity contribution in [2.75, 3.05) is 6.54 Å². The topological polar surface area (TPSA) is 90.2 Å². The van der Waals surface area contributed by atoms with Gasteiger partial charge in [-0.25, -0.2) is 13.1 Å². The summed E-state index contributed by atoms with van der Waals surface area (Å²) < 4.78 is 25.9. The molecule has 0 amide bonds. The van der Waals surface area contributed by atoms with Gasteiger partial charge in [0.2, 0.25) is 10.0 Å². The first-order valence-electron chi connectivity index (χ1n) is 5.41. The van der Waals surface area contributed by atoms with Crippen molar-refractivity contribution in [1.82, 2.24) is 4.72 Å². The molecule has 2 N–H and O–H groups in total. The summed E-state index contributed by atoms with van der Waals surface area (Å²) in [7, 11) is -3.56. The molecule has 98 valence electrons. The summed E-state index contributed by atoms with van der Waals surface area (Å²) in [6.07, 6.45) is 0. The van der Waals surface area contributed by atoms with Crippen LogP contribution in [0.25, 0.3) is 0 Å². The van der Waals surface area contributed by atoms with E-state index in [9.17, 15) is 13.5 Å². The molecule has 0 atom stereocenters. The highest BCUT2D eigenvalue weighted by Crippen LogP contribution is 2.11. The number of rotatable bonds is 5. The number of nitrogens with zero attached hydrogens (tertiary/aromatic N) is 1. The summed E-state index contributed by atoms with van der Waals surface area (Å²) in [5.41, 5.74) is -0.323. The van der Waals surface area contributed by atoms with Gasteiger partial charge in [-0.3, -0.25) is 0 Å². The predicted molar refractivity (Wildman–Crippen MR) is 68.1 cm³/mol. The van der Waals surface area contributed by atoms with Gasteiger partial charge in [0.25, 0.3) is 0 Å². The fourth-order valence-electron chi connectivity index (χ4n) is 1.30. The van der Waals surface area contributed by atoms with Crippen LogP contribution in [0.5, 0.6) is 0 Å². The van der Waals surface area contributed by atoms with Gasteiger partial charge in [-0.05, 0) is 25.5 Å². The Morgan fingerprint density at radius 3 is 2.56 bits per heavy atom. The minimum Gasteiger partial charge on any atom is -0.389 e. The molecule has 0 aromatic heterocycles. The molecule has 0 aliphatic heterocycles. The number of benzene rings is 1. The van der Waals surface area contributed by atoms with Crippen LogP contribution >= 0.6 is 0 Å². The van der Waals surface area contributed by atoms with Crippen molar-refractivity contribution in [1.29, 1.82) is 5.26 Å². The fraction of sp³-hybridized carbons (Fsp3) is 0.417. The third kappa shape index (κ3) is 4.84. The zero-order valence-corrected chi connectivity index (χ0v) is 11.2. The average Bonchev–Trinajstić information content (AvgIpc) is 2.26. The molecule has 1 aromatic rings. The Labute approximate surface area is 107 Å². The second kappa shape index (κ2) is 5.48. The van der Waals surface area contributed by atoms with Crippen molar-refractivity contribution in [3.8, 4) is 6.07 Å². The van der Waals surface area contributed by atoms with Gasteiger partial charge in [0.15, 0.2) is 0 Å². The lowest BCUT2D eigenvalue weighted by atomic mass is 10.1. The van der Waals surface area contributed by atoms with Crippen LogP contribution in [0.4, 0.5) is 0 Å². The first-order chi connectivity index (χ1) is 8.23. The Balaban J connectivity index is 2.81. The third-order valence-corrected chi connectivity index (χ3v) is 3.48. The molecule has 0 aliphatic carbocycles. The van der Waals surface area contributed by atoms with Gasteiger partial charge in [-0.15, -0.1) is 0 Å². The van der Waals surface area contributed by atoms with Gasteiger partial charge in [-0.1, -0.05) is 18.2 Å². The van der Waals surface area contributed by atoms with E-state index < -0.39 is 15.6 Å². The molecule has 5 nitrogen and oxygen atoms in total. The molecule has 0 bridgehead atoms. The summed E-state index contributed by atoms with van der Waals surface area (Å²) in [5, 5.41) is 18.3. The standard InChI is InChI=1S/C12H16N2O3S/c1-12(2,15)9-14-18(16,17)8-11-6-4-3-5-10(11)7-13/h3-6,14-15H,8-9H2,1-2H3. The van der Waals surface area contributed by atoms with Gasteiger partial charge in [0.05, 0.1) is 23.0 Å². The zero-order chi connectivity index (χ0) is 13.8. The quantitative estimate of drug-likeness (QED) is 0.824. The van der Waals surface area contributed by atoms with E-state index in [1.54, 1.807) is 24.3 Å². The molecule has 0 radical (unpaired) electrons. The fourth-order valence-corrected chi connectivity index (χ4v) is 2.63. The smallest absolute Gasteiger partial charge is 0.215 e.